The molecule has 39 heavy (non-hydrogen) atoms. The molecule has 3 aromatic carbocycles. The van der Waals surface area contributed by atoms with Crippen molar-refractivity contribution in [2.75, 3.05) is 26.3 Å². The van der Waals surface area contributed by atoms with Crippen molar-refractivity contribution in [1.82, 2.24) is 4.90 Å². The summed E-state index contributed by atoms with van der Waals surface area (Å²) in [5.41, 5.74) is 5.13. The first-order valence-electron chi connectivity index (χ1n) is 13.4. The van der Waals surface area contributed by atoms with Gasteiger partial charge in [-0.1, -0.05) is 36.4 Å². The fourth-order valence-electron chi connectivity index (χ4n) is 5.84. The van der Waals surface area contributed by atoms with Crippen molar-refractivity contribution in [3.05, 3.63) is 105 Å². The average Bonchev–Trinajstić information content (AvgIpc) is 3.09. The summed E-state index contributed by atoms with van der Waals surface area (Å²) in [5, 5.41) is 9.52. The molecule has 3 nitrogen and oxygen atoms in total. The van der Waals surface area contributed by atoms with Crippen LogP contribution in [0.4, 0.5) is 17.6 Å². The minimum Gasteiger partial charge on any atom is -0.478 e. The number of rotatable bonds is 9. The number of aryl methyl sites for hydroxylation is 1. The van der Waals surface area contributed by atoms with Crippen LogP contribution in [0.2, 0.25) is 0 Å². The highest BCUT2D eigenvalue weighted by molar-refractivity contribution is 6.00. The monoisotopic (exact) mass is 537 g/mol. The second-order valence-electron chi connectivity index (χ2n) is 10.5. The molecule has 3 aromatic rings. The fraction of sp³-hybridized carbons (Fsp3) is 0.344. The number of nitrogens with zero attached hydrogens (tertiary/aromatic N) is 1. The summed E-state index contributed by atoms with van der Waals surface area (Å²) in [5.74, 6) is -1.06. The Morgan fingerprint density at radius 1 is 0.974 bits per heavy atom. The van der Waals surface area contributed by atoms with Gasteiger partial charge in [0.25, 0.3) is 6.43 Å². The molecule has 0 atom stereocenters. The maximum absolute atomic E-state index is 15.2. The Bertz CT molecular complexity index is 1380. The van der Waals surface area contributed by atoms with Crippen LogP contribution in [0.1, 0.15) is 69.4 Å². The minimum atomic E-state index is -2.72. The van der Waals surface area contributed by atoms with Crippen molar-refractivity contribution in [3.8, 4) is 0 Å². The van der Waals surface area contributed by atoms with Crippen LogP contribution in [0.25, 0.3) is 11.1 Å². The maximum atomic E-state index is 15.2. The van der Waals surface area contributed by atoms with Gasteiger partial charge >= 0.3 is 5.97 Å². The number of hydrogen-bond acceptors (Lipinski definition) is 2. The van der Waals surface area contributed by atoms with E-state index in [4.69, 9.17) is 0 Å². The zero-order chi connectivity index (χ0) is 27.5. The molecule has 2 aliphatic rings. The molecule has 0 radical (unpaired) electrons. The van der Waals surface area contributed by atoms with Crippen molar-refractivity contribution >= 4 is 17.1 Å². The van der Waals surface area contributed by atoms with Gasteiger partial charge in [-0.25, -0.2) is 18.0 Å². The van der Waals surface area contributed by atoms with Crippen molar-refractivity contribution in [2.45, 2.75) is 38.5 Å². The van der Waals surface area contributed by atoms with Gasteiger partial charge in [0.05, 0.1) is 12.2 Å². The van der Waals surface area contributed by atoms with E-state index >= 15 is 4.39 Å². The number of carbonyl (C=O) groups is 1. The second kappa shape index (κ2) is 11.7. The van der Waals surface area contributed by atoms with Gasteiger partial charge in [-0.05, 0) is 95.7 Å². The van der Waals surface area contributed by atoms with Crippen LogP contribution in [-0.4, -0.2) is 42.3 Å². The van der Waals surface area contributed by atoms with E-state index in [0.29, 0.717) is 37.2 Å². The molecule has 0 amide bonds. The molecule has 0 unspecified atom stereocenters. The summed E-state index contributed by atoms with van der Waals surface area (Å²) < 4.78 is 54.7. The van der Waals surface area contributed by atoms with E-state index in [1.165, 1.54) is 12.1 Å². The van der Waals surface area contributed by atoms with Crippen LogP contribution < -0.4 is 0 Å². The molecule has 1 aliphatic carbocycles. The Morgan fingerprint density at radius 3 is 2.44 bits per heavy atom. The van der Waals surface area contributed by atoms with Gasteiger partial charge < -0.3 is 10.0 Å². The third-order valence-corrected chi connectivity index (χ3v) is 7.77. The lowest BCUT2D eigenvalue weighted by molar-refractivity contribution is 0.0696. The molecule has 5 rings (SSSR count). The number of fused-ring (bicyclic) bond motifs is 1. The zero-order valence-electron chi connectivity index (χ0n) is 21.6. The van der Waals surface area contributed by atoms with Gasteiger partial charge in [-0.3, -0.25) is 4.39 Å². The molecular formula is C32H31F4NO2. The van der Waals surface area contributed by atoms with Crippen molar-refractivity contribution < 1.29 is 27.5 Å². The van der Waals surface area contributed by atoms with E-state index in [2.05, 4.69) is 4.90 Å². The molecule has 1 heterocycles. The largest absolute Gasteiger partial charge is 0.478 e. The summed E-state index contributed by atoms with van der Waals surface area (Å²) in [4.78, 5) is 13.9. The number of hydrogen-bond donors (Lipinski definition) is 1. The average molecular weight is 538 g/mol. The van der Waals surface area contributed by atoms with Gasteiger partial charge in [-0.2, -0.15) is 0 Å². The molecule has 1 aliphatic heterocycles. The highest BCUT2D eigenvalue weighted by Crippen LogP contribution is 2.41. The number of allylic oxidation sites excluding steroid dienone is 1. The summed E-state index contributed by atoms with van der Waals surface area (Å²) in [6.07, 6.45) is 0.443. The Balaban J connectivity index is 1.54. The topological polar surface area (TPSA) is 40.5 Å². The quantitative estimate of drug-likeness (QED) is 0.286. The summed E-state index contributed by atoms with van der Waals surface area (Å²) in [6, 6.07) is 16.5. The first-order valence-corrected chi connectivity index (χ1v) is 13.4. The maximum Gasteiger partial charge on any atom is 0.335 e. The number of aromatic carboxylic acids is 1. The van der Waals surface area contributed by atoms with Crippen LogP contribution in [0.15, 0.2) is 60.7 Å². The minimum absolute atomic E-state index is 0.157. The van der Waals surface area contributed by atoms with Crippen LogP contribution in [0.5, 0.6) is 0 Å². The first kappa shape index (κ1) is 27.1. The lowest BCUT2D eigenvalue weighted by Gasteiger charge is -2.39. The van der Waals surface area contributed by atoms with Gasteiger partial charge in [0, 0.05) is 30.8 Å². The lowest BCUT2D eigenvalue weighted by Crippen LogP contribution is -2.47. The first-order chi connectivity index (χ1) is 18.8. The smallest absolute Gasteiger partial charge is 0.335 e. The second-order valence-corrected chi connectivity index (χ2v) is 10.5. The van der Waals surface area contributed by atoms with Crippen LogP contribution >= 0.6 is 0 Å². The number of alkyl halides is 3. The third kappa shape index (κ3) is 5.93. The Morgan fingerprint density at radius 2 is 1.74 bits per heavy atom. The van der Waals surface area contributed by atoms with Gasteiger partial charge in [0.1, 0.15) is 5.82 Å². The third-order valence-electron chi connectivity index (χ3n) is 7.77. The highest BCUT2D eigenvalue weighted by Gasteiger charge is 2.27. The number of carboxylic acids is 1. The number of halogens is 4. The highest BCUT2D eigenvalue weighted by atomic mass is 19.3. The lowest BCUT2D eigenvalue weighted by atomic mass is 9.85. The Kier molecular flexibility index (Phi) is 8.17. The summed E-state index contributed by atoms with van der Waals surface area (Å²) in [7, 11) is 0. The van der Waals surface area contributed by atoms with E-state index in [-0.39, 0.29) is 23.4 Å². The molecule has 0 bridgehead atoms. The normalized spacial score (nSPS) is 16.2. The van der Waals surface area contributed by atoms with E-state index in [1.54, 1.807) is 12.1 Å². The van der Waals surface area contributed by atoms with Crippen molar-refractivity contribution in [3.63, 3.8) is 0 Å². The Labute approximate surface area is 225 Å². The fourth-order valence-corrected chi connectivity index (χ4v) is 5.84. The molecule has 0 aromatic heterocycles. The zero-order valence-corrected chi connectivity index (χ0v) is 21.6. The molecular weight excluding hydrogens is 506 g/mol. The van der Waals surface area contributed by atoms with Gasteiger partial charge in [0.15, 0.2) is 0 Å². The van der Waals surface area contributed by atoms with Gasteiger partial charge in [-0.15, -0.1) is 0 Å². The van der Waals surface area contributed by atoms with E-state index in [0.717, 1.165) is 66.0 Å². The van der Waals surface area contributed by atoms with E-state index in [1.807, 2.05) is 24.3 Å². The van der Waals surface area contributed by atoms with Crippen LogP contribution in [0, 0.1) is 11.7 Å². The molecule has 1 saturated heterocycles. The van der Waals surface area contributed by atoms with E-state index < -0.39 is 18.2 Å². The predicted molar refractivity (Wildman–Crippen MR) is 144 cm³/mol. The van der Waals surface area contributed by atoms with Crippen molar-refractivity contribution in [1.29, 1.82) is 0 Å². The molecule has 1 fully saturated rings. The Hall–Kier alpha value is -3.45. The van der Waals surface area contributed by atoms with Gasteiger partial charge in [0.2, 0.25) is 0 Å². The predicted octanol–water partition coefficient (Wildman–Crippen LogP) is 7.59. The number of carboxylic acid groups (broad SMARTS) is 1. The summed E-state index contributed by atoms with van der Waals surface area (Å²) >= 11 is 0. The van der Waals surface area contributed by atoms with Crippen LogP contribution in [-0.2, 0) is 12.8 Å². The number of likely N-dealkylation sites (tertiary alicyclic amines) is 1. The number of benzene rings is 3. The van der Waals surface area contributed by atoms with E-state index in [9.17, 15) is 23.1 Å². The molecule has 0 saturated carbocycles. The van der Waals surface area contributed by atoms with Crippen molar-refractivity contribution in [2.24, 2.45) is 5.92 Å². The standard InChI is InChI=1S/C32H31F4NO2/c33-13-2-14-37-18-21(19-37)15-20-5-7-22(8-6-20)30-26-11-9-25(32(38)39)16-23(26)3-1-4-27(30)28-17-24(31(35)36)10-12-29(28)34/h5-12,16-17,21,31H,1-4,13-15,18-19H2,(H,38,39). The molecule has 0 spiro atoms. The van der Waals surface area contributed by atoms with Crippen LogP contribution in [0.3, 0.4) is 0 Å². The molecule has 204 valence electrons. The summed E-state index contributed by atoms with van der Waals surface area (Å²) in [6.45, 7) is 2.40. The SMILES string of the molecule is O=C(O)c1ccc2c(c1)CCCC(c1cc(C(F)F)ccc1F)=C2c1ccc(CC2CN(CCCF)C2)cc1. The molecule has 1 N–H and O–H groups in total. The molecule has 7 heteroatoms.